The number of hydrogen-bond acceptors (Lipinski definition) is 10. The van der Waals surface area contributed by atoms with Crippen molar-refractivity contribution in [2.24, 2.45) is 5.10 Å². The van der Waals surface area contributed by atoms with E-state index in [4.69, 9.17) is 14.9 Å². The third-order valence-electron chi connectivity index (χ3n) is 6.36. The van der Waals surface area contributed by atoms with Crippen LogP contribution in [-0.4, -0.2) is 58.9 Å². The van der Waals surface area contributed by atoms with Crippen LogP contribution in [0.3, 0.4) is 0 Å². The van der Waals surface area contributed by atoms with Crippen molar-refractivity contribution in [3.63, 3.8) is 0 Å². The summed E-state index contributed by atoms with van der Waals surface area (Å²) in [4.78, 5) is 41.6. The molecule has 0 aliphatic carbocycles. The van der Waals surface area contributed by atoms with E-state index < -0.39 is 34.6 Å². The number of aliphatic hydroxyl groups is 1. The molecule has 1 unspecified atom stereocenters. The van der Waals surface area contributed by atoms with Gasteiger partial charge in [0.25, 0.3) is 5.56 Å². The van der Waals surface area contributed by atoms with Crippen molar-refractivity contribution < 1.29 is 23.8 Å². The van der Waals surface area contributed by atoms with Gasteiger partial charge in [0.05, 0.1) is 38.5 Å². The molecule has 3 rings (SSSR count). The zero-order valence-corrected chi connectivity index (χ0v) is 24.6. The van der Waals surface area contributed by atoms with E-state index in [-0.39, 0.29) is 41.6 Å². The fraction of sp³-hybridized carbons (Fsp3) is 0.444. The van der Waals surface area contributed by atoms with E-state index in [1.807, 2.05) is 0 Å². The lowest BCUT2D eigenvalue weighted by Crippen LogP contribution is -2.56. The Morgan fingerprint density at radius 3 is 2.63 bits per heavy atom. The van der Waals surface area contributed by atoms with E-state index in [1.165, 1.54) is 49.9 Å². The summed E-state index contributed by atoms with van der Waals surface area (Å²) in [5.74, 6) is -0.788. The average Bonchev–Trinajstić information content (AvgIpc) is 3.24. The van der Waals surface area contributed by atoms with Crippen molar-refractivity contribution >= 4 is 44.9 Å². The van der Waals surface area contributed by atoms with E-state index in [2.05, 4.69) is 15.8 Å². The molecule has 0 aliphatic heterocycles. The number of anilines is 1. The summed E-state index contributed by atoms with van der Waals surface area (Å²) in [6.45, 7) is 7.50. The third-order valence-corrected chi connectivity index (χ3v) is 7.58. The fourth-order valence-corrected chi connectivity index (χ4v) is 5.49. The Kier molecular flexibility index (Phi) is 10.2. The average molecular weight is 591 g/mol. The number of methoxy groups -OCH3 is 1. The van der Waals surface area contributed by atoms with Gasteiger partial charge in [-0.3, -0.25) is 19.6 Å². The molecular weight excluding hydrogens is 555 g/mol. The maximum absolute atomic E-state index is 14.4. The highest BCUT2D eigenvalue weighted by Gasteiger charge is 2.36. The number of nitrogens with zero attached hydrogens (tertiary/aromatic N) is 3. The van der Waals surface area contributed by atoms with E-state index in [0.29, 0.717) is 16.3 Å². The van der Waals surface area contributed by atoms with Crippen LogP contribution in [0, 0.1) is 18.2 Å². The molecule has 1 atom stereocenters. The number of hydrazone groups is 1. The van der Waals surface area contributed by atoms with E-state index >= 15 is 0 Å². The number of thiophene rings is 1. The summed E-state index contributed by atoms with van der Waals surface area (Å²) < 4.78 is 27.8. The van der Waals surface area contributed by atoms with Crippen LogP contribution in [0.4, 0.5) is 9.39 Å². The molecule has 0 bridgehead atoms. The smallest absolute Gasteiger partial charge is 0.333 e. The van der Waals surface area contributed by atoms with Crippen molar-refractivity contribution in [1.29, 1.82) is 5.41 Å². The Morgan fingerprint density at radius 1 is 1.32 bits per heavy atom. The van der Waals surface area contributed by atoms with Crippen LogP contribution < -0.4 is 26.7 Å². The number of benzene rings is 1. The molecule has 1 aromatic carbocycles. The van der Waals surface area contributed by atoms with Crippen LogP contribution in [-0.2, 0) is 21.6 Å². The van der Waals surface area contributed by atoms with Gasteiger partial charge in [0, 0.05) is 23.4 Å². The number of hydrogen-bond donors (Lipinski definition) is 4. The highest BCUT2D eigenvalue weighted by Crippen LogP contribution is 2.35. The molecule has 0 radical (unpaired) electrons. The molecule has 222 valence electrons. The standard InChI is InChI=1S/C27H35FN6O6S/c1-15(2)31-25(37)27(4,5)34-23(36)21-16(3)22(32-30-10-9-29)41-24(21)33(26(34)38)14-20(40-12-11-35)18-13-17(28)7-8-19(18)39-6/h7-10,13,15,20,29,32,35H,11-12,14H2,1-6H3,(H,31,37)/b29-9?,30-10-. The first-order chi connectivity index (χ1) is 19.4. The number of rotatable bonds is 13. The number of aliphatic hydroxyl groups excluding tert-OH is 1. The molecule has 3 aromatic rings. The molecule has 0 spiro atoms. The Hall–Kier alpha value is -3.88. The zero-order chi connectivity index (χ0) is 30.5. The number of ether oxygens (including phenoxy) is 2. The molecule has 1 amide bonds. The summed E-state index contributed by atoms with van der Waals surface area (Å²) in [6, 6.07) is 3.63. The van der Waals surface area contributed by atoms with Gasteiger partial charge in [0.15, 0.2) is 0 Å². The van der Waals surface area contributed by atoms with Crippen LogP contribution in [0.25, 0.3) is 10.2 Å². The summed E-state index contributed by atoms with van der Waals surface area (Å²) in [5, 5.41) is 24.0. The second-order valence-electron chi connectivity index (χ2n) is 9.98. The highest BCUT2D eigenvalue weighted by atomic mass is 32.1. The van der Waals surface area contributed by atoms with Gasteiger partial charge in [0.1, 0.15) is 33.0 Å². The van der Waals surface area contributed by atoms with Gasteiger partial charge in [-0.1, -0.05) is 11.3 Å². The van der Waals surface area contributed by atoms with Crippen LogP contribution >= 0.6 is 11.3 Å². The maximum Gasteiger partial charge on any atom is 0.333 e. The predicted molar refractivity (Wildman–Crippen MR) is 157 cm³/mol. The minimum atomic E-state index is -1.59. The fourth-order valence-electron chi connectivity index (χ4n) is 4.34. The van der Waals surface area contributed by atoms with Crippen molar-refractivity contribution in [2.45, 2.75) is 58.8 Å². The van der Waals surface area contributed by atoms with Crippen LogP contribution in [0.2, 0.25) is 0 Å². The molecule has 41 heavy (non-hydrogen) atoms. The number of aryl methyl sites for hydroxylation is 1. The third kappa shape index (κ3) is 6.55. The summed E-state index contributed by atoms with van der Waals surface area (Å²) in [6.07, 6.45) is 1.20. The molecule has 0 saturated carbocycles. The van der Waals surface area contributed by atoms with E-state index in [9.17, 15) is 23.9 Å². The number of nitrogens with one attached hydrogen (secondary N) is 3. The maximum atomic E-state index is 14.4. The highest BCUT2D eigenvalue weighted by molar-refractivity contribution is 7.22. The number of aromatic nitrogens is 2. The molecule has 14 heteroatoms. The van der Waals surface area contributed by atoms with E-state index in [0.717, 1.165) is 22.1 Å². The van der Waals surface area contributed by atoms with Gasteiger partial charge in [-0.15, -0.1) is 0 Å². The Morgan fingerprint density at radius 2 is 2.02 bits per heavy atom. The van der Waals surface area contributed by atoms with Crippen LogP contribution in [0.1, 0.15) is 44.9 Å². The molecule has 0 saturated heterocycles. The van der Waals surface area contributed by atoms with Gasteiger partial charge in [0.2, 0.25) is 5.91 Å². The first kappa shape index (κ1) is 31.6. The van der Waals surface area contributed by atoms with Gasteiger partial charge < -0.3 is 25.3 Å². The SMILES string of the molecule is COc1ccc(F)cc1C(Cn1c(=O)n(C(C)(C)C(=O)NC(C)C)c(=O)c2c(C)c(N/N=C\C=N)sc21)OCCO. The van der Waals surface area contributed by atoms with Crippen molar-refractivity contribution in [1.82, 2.24) is 14.5 Å². The Balaban J connectivity index is 2.37. The number of carbonyl (C=O) groups excluding carboxylic acids is 1. The van der Waals surface area contributed by atoms with Gasteiger partial charge >= 0.3 is 5.69 Å². The molecule has 2 aromatic heterocycles. The number of halogens is 1. The zero-order valence-electron chi connectivity index (χ0n) is 23.8. The van der Waals surface area contributed by atoms with Crippen molar-refractivity contribution in [3.05, 3.63) is 56.0 Å². The van der Waals surface area contributed by atoms with Gasteiger partial charge in [-0.25, -0.2) is 13.8 Å². The number of carbonyl (C=O) groups is 1. The molecule has 2 heterocycles. The van der Waals surface area contributed by atoms with E-state index in [1.54, 1.807) is 20.8 Å². The molecule has 0 aliphatic rings. The molecule has 12 nitrogen and oxygen atoms in total. The summed E-state index contributed by atoms with van der Waals surface area (Å²) in [7, 11) is 1.41. The van der Waals surface area contributed by atoms with Crippen LogP contribution in [0.5, 0.6) is 5.75 Å². The lowest BCUT2D eigenvalue weighted by Gasteiger charge is -2.28. The molecule has 4 N–H and O–H groups in total. The Labute approximate surface area is 239 Å². The normalized spacial score (nSPS) is 12.7. The molecule has 0 fully saturated rings. The first-order valence-corrected chi connectivity index (χ1v) is 13.6. The quantitative estimate of drug-likeness (QED) is 0.176. The number of fused-ring (bicyclic) bond motifs is 1. The Bertz CT molecular complexity index is 1570. The minimum absolute atomic E-state index is 0.126. The van der Waals surface area contributed by atoms with Gasteiger partial charge in [-0.2, -0.15) is 5.10 Å². The van der Waals surface area contributed by atoms with Crippen molar-refractivity contribution in [3.8, 4) is 5.75 Å². The minimum Gasteiger partial charge on any atom is -0.496 e. The number of amides is 1. The first-order valence-electron chi connectivity index (χ1n) is 12.8. The van der Waals surface area contributed by atoms with Crippen molar-refractivity contribution in [2.75, 3.05) is 25.7 Å². The largest absolute Gasteiger partial charge is 0.496 e. The lowest BCUT2D eigenvalue weighted by molar-refractivity contribution is -0.129. The molecular formula is C27H35FN6O6S. The predicted octanol–water partition coefficient (Wildman–Crippen LogP) is 2.74. The second-order valence-corrected chi connectivity index (χ2v) is 11.0. The monoisotopic (exact) mass is 590 g/mol. The van der Waals surface area contributed by atoms with Crippen LogP contribution in [0.15, 0.2) is 32.9 Å². The summed E-state index contributed by atoms with van der Waals surface area (Å²) >= 11 is 1.08. The summed E-state index contributed by atoms with van der Waals surface area (Å²) in [5.41, 5.74) is 0.521. The topological polar surface area (TPSA) is 160 Å². The van der Waals surface area contributed by atoms with Gasteiger partial charge in [-0.05, 0) is 52.8 Å². The second kappa shape index (κ2) is 13.2. The lowest BCUT2D eigenvalue weighted by atomic mass is 10.0.